The maximum atomic E-state index is 12.5. The molecule has 4 heteroatoms. The molecule has 0 bridgehead atoms. The van der Waals surface area contributed by atoms with E-state index in [0.717, 1.165) is 25.7 Å². The third-order valence-electron chi connectivity index (χ3n) is 4.12. The maximum Gasteiger partial charge on any atom is 0.417 e. The summed E-state index contributed by atoms with van der Waals surface area (Å²) in [6.45, 7) is 10.0. The molecule has 1 aliphatic rings. The number of rotatable bonds is 6. The lowest BCUT2D eigenvalue weighted by Gasteiger charge is -2.24. The summed E-state index contributed by atoms with van der Waals surface area (Å²) in [7, 11) is 0. The molecule has 0 aromatic rings. The Morgan fingerprint density at radius 3 is 2.42 bits per heavy atom. The molecule has 19 heavy (non-hydrogen) atoms. The smallest absolute Gasteiger partial charge is 0.417 e. The molecule has 0 spiro atoms. The van der Waals surface area contributed by atoms with Crippen molar-refractivity contribution in [2.24, 2.45) is 11.8 Å². The van der Waals surface area contributed by atoms with E-state index < -0.39 is 6.09 Å². The van der Waals surface area contributed by atoms with E-state index in [1.165, 1.54) is 4.90 Å². The Morgan fingerprint density at radius 2 is 2.00 bits per heavy atom. The van der Waals surface area contributed by atoms with Crippen LogP contribution in [0.15, 0.2) is 0 Å². The van der Waals surface area contributed by atoms with Crippen LogP contribution in [0.2, 0.25) is 0 Å². The van der Waals surface area contributed by atoms with Gasteiger partial charge in [0.05, 0.1) is 6.04 Å². The average Bonchev–Trinajstić information content (AvgIpc) is 2.60. The van der Waals surface area contributed by atoms with E-state index in [2.05, 4.69) is 13.8 Å². The van der Waals surface area contributed by atoms with E-state index in [-0.39, 0.29) is 24.0 Å². The van der Waals surface area contributed by atoms with Gasteiger partial charge >= 0.3 is 6.09 Å². The molecule has 1 fully saturated rings. The highest BCUT2D eigenvalue weighted by molar-refractivity contribution is 5.94. The molecule has 0 N–H and O–H groups in total. The maximum absolute atomic E-state index is 12.5. The second kappa shape index (κ2) is 6.92. The van der Waals surface area contributed by atoms with E-state index in [0.29, 0.717) is 5.92 Å². The van der Waals surface area contributed by atoms with Crippen LogP contribution in [0, 0.1) is 11.8 Å². The van der Waals surface area contributed by atoms with Gasteiger partial charge in [-0.2, -0.15) is 0 Å². The lowest BCUT2D eigenvalue weighted by molar-refractivity contribution is -0.134. The largest absolute Gasteiger partial charge is 0.444 e. The first-order valence-corrected chi connectivity index (χ1v) is 7.45. The van der Waals surface area contributed by atoms with E-state index in [1.807, 2.05) is 20.8 Å². The van der Waals surface area contributed by atoms with Gasteiger partial charge in [-0.05, 0) is 32.6 Å². The van der Waals surface area contributed by atoms with Crippen molar-refractivity contribution in [1.82, 2.24) is 4.90 Å². The SMILES string of the molecule is CCC[C@H](C)C[C@@H](CC)C(=O)N1C(=O)O[C@@H](C)[C@H]1C. The molecule has 0 aromatic heterocycles. The van der Waals surface area contributed by atoms with Crippen LogP contribution in [-0.2, 0) is 9.53 Å². The van der Waals surface area contributed by atoms with Crippen molar-refractivity contribution in [3.63, 3.8) is 0 Å². The van der Waals surface area contributed by atoms with Crippen molar-refractivity contribution in [3.8, 4) is 0 Å². The molecule has 4 atom stereocenters. The molecular weight excluding hydrogens is 242 g/mol. The molecule has 0 radical (unpaired) electrons. The predicted octanol–water partition coefficient (Wildman–Crippen LogP) is 3.59. The Kier molecular flexibility index (Phi) is 5.83. The normalized spacial score (nSPS) is 26.2. The van der Waals surface area contributed by atoms with Gasteiger partial charge in [-0.25, -0.2) is 9.69 Å². The summed E-state index contributed by atoms with van der Waals surface area (Å²) >= 11 is 0. The van der Waals surface area contributed by atoms with Crippen molar-refractivity contribution >= 4 is 12.0 Å². The van der Waals surface area contributed by atoms with Gasteiger partial charge in [0.2, 0.25) is 5.91 Å². The zero-order valence-electron chi connectivity index (χ0n) is 12.8. The molecule has 1 saturated heterocycles. The van der Waals surface area contributed by atoms with Gasteiger partial charge in [-0.15, -0.1) is 0 Å². The van der Waals surface area contributed by atoms with Crippen LogP contribution in [0.25, 0.3) is 0 Å². The fraction of sp³-hybridized carbons (Fsp3) is 0.867. The van der Waals surface area contributed by atoms with Crippen LogP contribution >= 0.6 is 0 Å². The average molecular weight is 269 g/mol. The van der Waals surface area contributed by atoms with Gasteiger partial charge in [0.15, 0.2) is 0 Å². The molecule has 1 aliphatic heterocycles. The van der Waals surface area contributed by atoms with Crippen molar-refractivity contribution in [2.45, 2.75) is 72.4 Å². The minimum atomic E-state index is -0.480. The molecule has 1 rings (SSSR count). The predicted molar refractivity (Wildman–Crippen MR) is 74.7 cm³/mol. The number of ether oxygens (including phenoxy) is 1. The molecule has 0 unspecified atom stereocenters. The van der Waals surface area contributed by atoms with Crippen LogP contribution in [0.1, 0.15) is 60.3 Å². The number of hydrogen-bond acceptors (Lipinski definition) is 3. The van der Waals surface area contributed by atoms with Gasteiger partial charge in [-0.1, -0.05) is 33.6 Å². The summed E-state index contributed by atoms with van der Waals surface area (Å²) in [5, 5.41) is 0. The third kappa shape index (κ3) is 3.71. The first kappa shape index (κ1) is 16.0. The lowest BCUT2D eigenvalue weighted by atomic mass is 9.89. The first-order chi connectivity index (χ1) is 8.92. The van der Waals surface area contributed by atoms with Crippen molar-refractivity contribution in [3.05, 3.63) is 0 Å². The number of carbonyl (C=O) groups excluding carboxylic acids is 2. The number of imide groups is 1. The quantitative estimate of drug-likeness (QED) is 0.740. The van der Waals surface area contributed by atoms with Crippen molar-refractivity contribution in [1.29, 1.82) is 0 Å². The second-order valence-electron chi connectivity index (χ2n) is 5.77. The summed E-state index contributed by atoms with van der Waals surface area (Å²) in [4.78, 5) is 25.6. The molecule has 1 heterocycles. The van der Waals surface area contributed by atoms with E-state index in [1.54, 1.807) is 0 Å². The van der Waals surface area contributed by atoms with Crippen LogP contribution in [0.5, 0.6) is 0 Å². The number of cyclic esters (lactones) is 1. The Bertz CT molecular complexity index is 329. The highest BCUT2D eigenvalue weighted by Crippen LogP contribution is 2.26. The summed E-state index contributed by atoms with van der Waals surface area (Å²) < 4.78 is 5.12. The monoisotopic (exact) mass is 269 g/mol. The molecule has 0 aromatic carbocycles. The number of amides is 2. The van der Waals surface area contributed by atoms with Crippen molar-refractivity contribution in [2.75, 3.05) is 0 Å². The van der Waals surface area contributed by atoms with Gasteiger partial charge in [-0.3, -0.25) is 4.79 Å². The molecule has 110 valence electrons. The number of nitrogens with zero attached hydrogens (tertiary/aromatic N) is 1. The van der Waals surface area contributed by atoms with E-state index >= 15 is 0 Å². The highest BCUT2D eigenvalue weighted by Gasteiger charge is 2.42. The number of carbonyl (C=O) groups is 2. The van der Waals surface area contributed by atoms with E-state index in [9.17, 15) is 9.59 Å². The van der Waals surface area contributed by atoms with Gasteiger partial charge in [0.1, 0.15) is 6.10 Å². The van der Waals surface area contributed by atoms with Crippen LogP contribution in [-0.4, -0.2) is 29.0 Å². The van der Waals surface area contributed by atoms with Gasteiger partial charge in [0.25, 0.3) is 0 Å². The molecule has 0 aliphatic carbocycles. The minimum Gasteiger partial charge on any atom is -0.444 e. The summed E-state index contributed by atoms with van der Waals surface area (Å²) in [5.74, 6) is 0.388. The Balaban J connectivity index is 2.70. The first-order valence-electron chi connectivity index (χ1n) is 7.45. The molecular formula is C15H27NO3. The molecule has 2 amide bonds. The van der Waals surface area contributed by atoms with Crippen LogP contribution < -0.4 is 0 Å². The van der Waals surface area contributed by atoms with Gasteiger partial charge in [0, 0.05) is 5.92 Å². The number of hydrogen-bond donors (Lipinski definition) is 0. The Labute approximate surface area is 116 Å². The van der Waals surface area contributed by atoms with Crippen molar-refractivity contribution < 1.29 is 14.3 Å². The summed E-state index contributed by atoms with van der Waals surface area (Å²) in [6.07, 6.45) is 3.20. The summed E-state index contributed by atoms with van der Waals surface area (Å²) in [5.41, 5.74) is 0. The van der Waals surface area contributed by atoms with Gasteiger partial charge < -0.3 is 4.74 Å². The summed E-state index contributed by atoms with van der Waals surface area (Å²) in [6, 6.07) is -0.157. The Hall–Kier alpha value is -1.06. The van der Waals surface area contributed by atoms with Crippen LogP contribution in [0.3, 0.4) is 0 Å². The fourth-order valence-corrected chi connectivity index (χ4v) is 2.72. The van der Waals surface area contributed by atoms with E-state index in [4.69, 9.17) is 4.74 Å². The minimum absolute atomic E-state index is 0.0627. The topological polar surface area (TPSA) is 46.6 Å². The lowest BCUT2D eigenvalue weighted by Crippen LogP contribution is -2.42. The zero-order chi connectivity index (χ0) is 14.6. The highest BCUT2D eigenvalue weighted by atomic mass is 16.6. The Morgan fingerprint density at radius 1 is 1.37 bits per heavy atom. The molecule has 0 saturated carbocycles. The fourth-order valence-electron chi connectivity index (χ4n) is 2.72. The van der Waals surface area contributed by atoms with Crippen LogP contribution in [0.4, 0.5) is 4.79 Å². The third-order valence-corrected chi connectivity index (χ3v) is 4.12. The standard InChI is InChI=1S/C15H27NO3/c1-6-8-10(3)9-13(7-2)14(17)16-11(4)12(5)19-15(16)18/h10-13H,6-9H2,1-5H3/t10-,11+,12-,13+/m0/s1. The zero-order valence-corrected chi connectivity index (χ0v) is 12.8. The molecule has 4 nitrogen and oxygen atoms in total. The second-order valence-corrected chi connectivity index (χ2v) is 5.77.